The fraction of sp³-hybridized carbons (Fsp3) is 0.318. The predicted molar refractivity (Wildman–Crippen MR) is 116 cm³/mol. The minimum atomic E-state index is -0.252. The fourth-order valence-corrected chi connectivity index (χ4v) is 4.43. The average molecular weight is 410 g/mol. The minimum absolute atomic E-state index is 0.0604. The van der Waals surface area contributed by atoms with Gasteiger partial charge in [0.15, 0.2) is 5.11 Å². The number of rotatable bonds is 3. The maximum absolute atomic E-state index is 12.3. The van der Waals surface area contributed by atoms with E-state index in [0.717, 1.165) is 30.0 Å². The fourth-order valence-electron chi connectivity index (χ4n) is 4.18. The van der Waals surface area contributed by atoms with Crippen molar-refractivity contribution < 1.29 is 9.53 Å². The van der Waals surface area contributed by atoms with Gasteiger partial charge in [-0.05, 0) is 54.4 Å². The van der Waals surface area contributed by atoms with Gasteiger partial charge in [0.2, 0.25) is 5.91 Å². The molecule has 29 heavy (non-hydrogen) atoms. The van der Waals surface area contributed by atoms with Gasteiger partial charge < -0.3 is 14.2 Å². The molecule has 4 rings (SSSR count). The van der Waals surface area contributed by atoms with Crippen LogP contribution in [0.3, 0.4) is 0 Å². The van der Waals surface area contributed by atoms with Gasteiger partial charge in [0.05, 0.1) is 7.11 Å². The molecule has 1 N–H and O–H groups in total. The lowest BCUT2D eigenvalue weighted by atomic mass is 9.83. The van der Waals surface area contributed by atoms with Gasteiger partial charge in [-0.15, -0.1) is 0 Å². The summed E-state index contributed by atoms with van der Waals surface area (Å²) in [5, 5.41) is 3.25. The molecule has 2 bridgehead atoms. The van der Waals surface area contributed by atoms with Crippen LogP contribution in [-0.4, -0.2) is 40.7 Å². The highest BCUT2D eigenvalue weighted by molar-refractivity contribution is 7.80. The van der Waals surface area contributed by atoms with Crippen LogP contribution >= 0.6 is 12.2 Å². The molecule has 1 amide bonds. The molecule has 0 spiro atoms. The second-order valence-corrected chi connectivity index (χ2v) is 7.89. The van der Waals surface area contributed by atoms with E-state index in [4.69, 9.17) is 17.0 Å². The normalized spacial score (nSPS) is 20.2. The highest BCUT2D eigenvalue weighted by Crippen LogP contribution is 2.34. The number of benzene rings is 1. The van der Waals surface area contributed by atoms with Gasteiger partial charge in [-0.2, -0.15) is 0 Å². The number of pyridine rings is 1. The highest BCUT2D eigenvalue weighted by atomic mass is 32.1. The van der Waals surface area contributed by atoms with Crippen LogP contribution in [0.5, 0.6) is 5.75 Å². The third-order valence-corrected chi connectivity index (χ3v) is 5.90. The number of piperidine rings is 1. The quantitative estimate of drug-likeness (QED) is 0.623. The standard InChI is InChI=1S/C22H23N3O3S/c1-28-18-8-5-15(6-9-18)7-10-20(26)23-22(29)24-12-16-11-17(14-24)19-3-2-4-21(27)25(19)13-16/h2-10,16-17H,11-14H2,1H3,(H,23,26,29)/b10-7+/t16-,17?/m1/s1. The zero-order valence-corrected chi connectivity index (χ0v) is 17.0. The molecule has 2 aromatic rings. The van der Waals surface area contributed by atoms with E-state index in [-0.39, 0.29) is 17.4 Å². The molecule has 0 radical (unpaired) electrons. The molecule has 1 saturated heterocycles. The van der Waals surface area contributed by atoms with E-state index >= 15 is 0 Å². The van der Waals surface area contributed by atoms with E-state index in [1.54, 1.807) is 19.3 Å². The van der Waals surface area contributed by atoms with Gasteiger partial charge in [0, 0.05) is 43.4 Å². The summed E-state index contributed by atoms with van der Waals surface area (Å²) in [5.74, 6) is 1.12. The first kappa shape index (κ1) is 19.4. The third-order valence-electron chi connectivity index (χ3n) is 5.54. The Hall–Kier alpha value is -2.93. The summed E-state index contributed by atoms with van der Waals surface area (Å²) in [7, 11) is 1.62. The van der Waals surface area contributed by atoms with E-state index in [1.807, 2.05) is 45.9 Å². The van der Waals surface area contributed by atoms with E-state index in [0.29, 0.717) is 24.1 Å². The molecule has 7 heteroatoms. The van der Waals surface area contributed by atoms with Gasteiger partial charge in [-0.1, -0.05) is 18.2 Å². The van der Waals surface area contributed by atoms with Gasteiger partial charge in [0.25, 0.3) is 5.56 Å². The molecule has 2 aliphatic heterocycles. The van der Waals surface area contributed by atoms with E-state index in [1.165, 1.54) is 6.08 Å². The lowest BCUT2D eigenvalue weighted by Gasteiger charge is -2.43. The van der Waals surface area contributed by atoms with Crippen molar-refractivity contribution in [2.24, 2.45) is 5.92 Å². The van der Waals surface area contributed by atoms with Crippen LogP contribution < -0.4 is 15.6 Å². The number of nitrogens with zero attached hydrogens (tertiary/aromatic N) is 2. The largest absolute Gasteiger partial charge is 0.497 e. The molecule has 1 fully saturated rings. The minimum Gasteiger partial charge on any atom is -0.497 e. The average Bonchev–Trinajstić information content (AvgIpc) is 2.73. The van der Waals surface area contributed by atoms with Crippen molar-refractivity contribution in [2.45, 2.75) is 18.9 Å². The molecule has 150 valence electrons. The van der Waals surface area contributed by atoms with Crippen molar-refractivity contribution in [3.8, 4) is 5.75 Å². The first-order valence-electron chi connectivity index (χ1n) is 9.65. The van der Waals surface area contributed by atoms with Crippen molar-refractivity contribution in [2.75, 3.05) is 20.2 Å². The Morgan fingerprint density at radius 1 is 1.17 bits per heavy atom. The Balaban J connectivity index is 1.38. The molecule has 1 unspecified atom stereocenters. The number of amides is 1. The van der Waals surface area contributed by atoms with E-state index in [9.17, 15) is 9.59 Å². The number of nitrogens with one attached hydrogen (secondary N) is 1. The number of likely N-dealkylation sites (tertiary alicyclic amines) is 1. The molecular formula is C22H23N3O3S. The zero-order chi connectivity index (χ0) is 20.4. The van der Waals surface area contributed by atoms with Gasteiger partial charge in [0.1, 0.15) is 5.75 Å². The monoisotopic (exact) mass is 409 g/mol. The van der Waals surface area contributed by atoms with Gasteiger partial charge in [-0.25, -0.2) is 0 Å². The van der Waals surface area contributed by atoms with E-state index < -0.39 is 0 Å². The van der Waals surface area contributed by atoms with Crippen LogP contribution in [0, 0.1) is 5.92 Å². The SMILES string of the molecule is COc1ccc(/C=C/C(=O)NC(=S)N2CC3C[C@H](C2)Cn2c3cccc2=O)cc1. The second kappa shape index (κ2) is 8.21. The molecule has 2 atom stereocenters. The first-order chi connectivity index (χ1) is 14.0. The lowest BCUT2D eigenvalue weighted by molar-refractivity contribution is -0.115. The number of methoxy groups -OCH3 is 1. The highest BCUT2D eigenvalue weighted by Gasteiger charge is 2.35. The van der Waals surface area contributed by atoms with Crippen LogP contribution in [0.1, 0.15) is 23.6 Å². The number of hydrogen-bond acceptors (Lipinski definition) is 4. The number of fused-ring (bicyclic) bond motifs is 4. The molecule has 0 saturated carbocycles. The number of thiocarbonyl (C=S) groups is 1. The Labute approximate surface area is 174 Å². The van der Waals surface area contributed by atoms with Crippen LogP contribution in [0.2, 0.25) is 0 Å². The Bertz CT molecular complexity index is 1010. The van der Waals surface area contributed by atoms with E-state index in [2.05, 4.69) is 5.32 Å². The maximum atomic E-state index is 12.3. The number of aromatic nitrogens is 1. The Morgan fingerprint density at radius 3 is 2.72 bits per heavy atom. The van der Waals surface area contributed by atoms with Crippen LogP contribution in [0.25, 0.3) is 6.08 Å². The number of carbonyl (C=O) groups is 1. The lowest BCUT2D eigenvalue weighted by Crippen LogP contribution is -2.52. The summed E-state index contributed by atoms with van der Waals surface area (Å²) < 4.78 is 7.01. The summed E-state index contributed by atoms with van der Waals surface area (Å²) in [5.41, 5.74) is 2.03. The number of carbonyl (C=O) groups excluding carboxylic acids is 1. The molecule has 1 aromatic carbocycles. The summed E-state index contributed by atoms with van der Waals surface area (Å²) in [4.78, 5) is 26.5. The van der Waals surface area contributed by atoms with Crippen LogP contribution in [-0.2, 0) is 11.3 Å². The second-order valence-electron chi connectivity index (χ2n) is 7.50. The molecular weight excluding hydrogens is 386 g/mol. The van der Waals surface area contributed by atoms with Crippen molar-refractivity contribution >= 4 is 29.3 Å². The number of hydrogen-bond donors (Lipinski definition) is 1. The summed E-state index contributed by atoms with van der Waals surface area (Å²) in [6.07, 6.45) is 4.27. The van der Waals surface area contributed by atoms with Crippen LogP contribution in [0.15, 0.2) is 53.3 Å². The third kappa shape index (κ3) is 4.24. The Morgan fingerprint density at radius 2 is 1.97 bits per heavy atom. The molecule has 2 aliphatic rings. The zero-order valence-electron chi connectivity index (χ0n) is 16.2. The van der Waals surface area contributed by atoms with Gasteiger partial charge >= 0.3 is 0 Å². The van der Waals surface area contributed by atoms with Crippen molar-refractivity contribution in [1.82, 2.24) is 14.8 Å². The predicted octanol–water partition coefficient (Wildman–Crippen LogP) is 2.39. The summed E-state index contributed by atoms with van der Waals surface area (Å²) in [6, 6.07) is 12.9. The van der Waals surface area contributed by atoms with Gasteiger partial charge in [-0.3, -0.25) is 14.9 Å². The van der Waals surface area contributed by atoms with Crippen molar-refractivity contribution in [3.05, 3.63) is 70.2 Å². The topological polar surface area (TPSA) is 63.6 Å². The maximum Gasteiger partial charge on any atom is 0.250 e. The number of ether oxygens (including phenoxy) is 1. The van der Waals surface area contributed by atoms with Crippen molar-refractivity contribution in [1.29, 1.82) is 0 Å². The Kier molecular flexibility index (Phi) is 5.49. The summed E-state index contributed by atoms with van der Waals surface area (Å²) >= 11 is 5.49. The van der Waals surface area contributed by atoms with Crippen LogP contribution in [0.4, 0.5) is 0 Å². The first-order valence-corrected chi connectivity index (χ1v) is 10.1. The molecule has 6 nitrogen and oxygen atoms in total. The summed E-state index contributed by atoms with van der Waals surface area (Å²) in [6.45, 7) is 2.16. The van der Waals surface area contributed by atoms with Crippen molar-refractivity contribution in [3.63, 3.8) is 0 Å². The molecule has 0 aliphatic carbocycles. The molecule has 3 heterocycles. The smallest absolute Gasteiger partial charge is 0.250 e. The molecule has 1 aromatic heterocycles.